The first-order valence-corrected chi connectivity index (χ1v) is 7.95. The van der Waals surface area contributed by atoms with E-state index in [9.17, 15) is 8.42 Å². The van der Waals surface area contributed by atoms with Gasteiger partial charge in [0.2, 0.25) is 10.0 Å². The summed E-state index contributed by atoms with van der Waals surface area (Å²) < 4.78 is 26.8. The van der Waals surface area contributed by atoms with Crippen molar-refractivity contribution in [3.63, 3.8) is 0 Å². The smallest absolute Gasteiger partial charge is 0.233 e. The SMILES string of the molecule is CCCNCCS(=O)(=O)Nc1ccc(Br)cc1. The van der Waals surface area contributed by atoms with Gasteiger partial charge < -0.3 is 5.32 Å². The highest BCUT2D eigenvalue weighted by Gasteiger charge is 2.09. The largest absolute Gasteiger partial charge is 0.316 e. The zero-order valence-electron chi connectivity index (χ0n) is 9.74. The Kier molecular flexibility index (Phi) is 5.94. The average molecular weight is 321 g/mol. The van der Waals surface area contributed by atoms with E-state index >= 15 is 0 Å². The summed E-state index contributed by atoms with van der Waals surface area (Å²) in [5, 5.41) is 3.06. The molecule has 0 saturated carbocycles. The predicted octanol–water partition coefficient (Wildman–Crippen LogP) is 2.19. The van der Waals surface area contributed by atoms with E-state index in [0.29, 0.717) is 12.2 Å². The van der Waals surface area contributed by atoms with Gasteiger partial charge in [-0.2, -0.15) is 0 Å². The molecule has 2 N–H and O–H groups in total. The van der Waals surface area contributed by atoms with Gasteiger partial charge in [0.25, 0.3) is 0 Å². The van der Waals surface area contributed by atoms with Gasteiger partial charge in [-0.25, -0.2) is 8.42 Å². The zero-order chi connectivity index (χ0) is 12.7. The molecule has 0 amide bonds. The van der Waals surface area contributed by atoms with Crippen molar-refractivity contribution in [2.45, 2.75) is 13.3 Å². The summed E-state index contributed by atoms with van der Waals surface area (Å²) in [6.45, 7) is 3.36. The maximum Gasteiger partial charge on any atom is 0.233 e. The van der Waals surface area contributed by atoms with Gasteiger partial charge in [-0.05, 0) is 37.2 Å². The number of halogens is 1. The lowest BCUT2D eigenvalue weighted by Gasteiger charge is -2.08. The van der Waals surface area contributed by atoms with Crippen LogP contribution < -0.4 is 10.0 Å². The Bertz CT molecular complexity index is 431. The van der Waals surface area contributed by atoms with Crippen molar-refractivity contribution in [2.24, 2.45) is 0 Å². The first-order chi connectivity index (χ1) is 8.03. The fraction of sp³-hybridized carbons (Fsp3) is 0.455. The Morgan fingerprint density at radius 3 is 2.41 bits per heavy atom. The second-order valence-electron chi connectivity index (χ2n) is 3.68. The summed E-state index contributed by atoms with van der Waals surface area (Å²) in [6, 6.07) is 7.04. The first kappa shape index (κ1) is 14.5. The van der Waals surface area contributed by atoms with Gasteiger partial charge >= 0.3 is 0 Å². The van der Waals surface area contributed by atoms with Crippen molar-refractivity contribution >= 4 is 31.6 Å². The molecule has 0 spiro atoms. The molecule has 0 aliphatic rings. The molecule has 1 aromatic carbocycles. The number of sulfonamides is 1. The molecular weight excluding hydrogens is 304 g/mol. The van der Waals surface area contributed by atoms with Crippen LogP contribution >= 0.6 is 15.9 Å². The molecule has 0 radical (unpaired) electrons. The van der Waals surface area contributed by atoms with E-state index in [0.717, 1.165) is 17.4 Å². The van der Waals surface area contributed by atoms with Crippen molar-refractivity contribution in [1.29, 1.82) is 0 Å². The zero-order valence-corrected chi connectivity index (χ0v) is 12.1. The predicted molar refractivity (Wildman–Crippen MR) is 74.7 cm³/mol. The van der Waals surface area contributed by atoms with Crippen LogP contribution in [0.4, 0.5) is 5.69 Å². The van der Waals surface area contributed by atoms with Crippen LogP contribution in [0.3, 0.4) is 0 Å². The van der Waals surface area contributed by atoms with E-state index in [2.05, 4.69) is 26.0 Å². The van der Waals surface area contributed by atoms with Gasteiger partial charge in [0.15, 0.2) is 0 Å². The number of anilines is 1. The second kappa shape index (κ2) is 6.98. The molecule has 0 unspecified atom stereocenters. The lowest BCUT2D eigenvalue weighted by Crippen LogP contribution is -2.27. The van der Waals surface area contributed by atoms with Crippen LogP contribution in [0, 0.1) is 0 Å². The highest BCUT2D eigenvalue weighted by atomic mass is 79.9. The van der Waals surface area contributed by atoms with Gasteiger partial charge in [0.05, 0.1) is 5.75 Å². The minimum Gasteiger partial charge on any atom is -0.316 e. The Labute approximate surface area is 111 Å². The highest BCUT2D eigenvalue weighted by Crippen LogP contribution is 2.15. The maximum absolute atomic E-state index is 11.7. The summed E-state index contributed by atoms with van der Waals surface area (Å²) >= 11 is 3.30. The normalized spacial score (nSPS) is 11.4. The van der Waals surface area contributed by atoms with Crippen LogP contribution in [0.25, 0.3) is 0 Å². The molecule has 0 aliphatic heterocycles. The average Bonchev–Trinajstić information content (AvgIpc) is 2.27. The fourth-order valence-corrected chi connectivity index (χ4v) is 2.53. The molecule has 17 heavy (non-hydrogen) atoms. The van der Waals surface area contributed by atoms with E-state index < -0.39 is 10.0 Å². The van der Waals surface area contributed by atoms with Crippen LogP contribution in [0.5, 0.6) is 0 Å². The van der Waals surface area contributed by atoms with Gasteiger partial charge in [0, 0.05) is 16.7 Å². The summed E-state index contributed by atoms with van der Waals surface area (Å²) in [5.74, 6) is 0.0864. The third-order valence-electron chi connectivity index (χ3n) is 2.09. The summed E-state index contributed by atoms with van der Waals surface area (Å²) in [4.78, 5) is 0. The number of rotatable bonds is 7. The Balaban J connectivity index is 2.46. The Hall–Kier alpha value is -0.590. The topological polar surface area (TPSA) is 58.2 Å². The Morgan fingerprint density at radius 2 is 1.82 bits per heavy atom. The van der Waals surface area contributed by atoms with Crippen LogP contribution in [0.2, 0.25) is 0 Å². The summed E-state index contributed by atoms with van der Waals surface area (Å²) in [6.07, 6.45) is 1.00. The molecule has 1 aromatic rings. The molecule has 0 heterocycles. The minimum absolute atomic E-state index is 0.0864. The van der Waals surface area contributed by atoms with Crippen molar-refractivity contribution in [2.75, 3.05) is 23.6 Å². The summed E-state index contributed by atoms with van der Waals surface area (Å²) in [7, 11) is -3.26. The van der Waals surface area contributed by atoms with Crippen LogP contribution in [0.15, 0.2) is 28.7 Å². The molecule has 1 rings (SSSR count). The lowest BCUT2D eigenvalue weighted by atomic mass is 10.3. The second-order valence-corrected chi connectivity index (χ2v) is 6.44. The number of hydrogen-bond donors (Lipinski definition) is 2. The van der Waals surface area contributed by atoms with Crippen LogP contribution in [-0.4, -0.2) is 27.3 Å². The fourth-order valence-electron chi connectivity index (χ4n) is 1.26. The quantitative estimate of drug-likeness (QED) is 0.757. The highest BCUT2D eigenvalue weighted by molar-refractivity contribution is 9.10. The monoisotopic (exact) mass is 320 g/mol. The number of benzene rings is 1. The van der Waals surface area contributed by atoms with Crippen molar-refractivity contribution in [3.05, 3.63) is 28.7 Å². The van der Waals surface area contributed by atoms with E-state index in [4.69, 9.17) is 0 Å². The molecule has 0 saturated heterocycles. The third kappa shape index (κ3) is 6.05. The van der Waals surface area contributed by atoms with Crippen LogP contribution in [0.1, 0.15) is 13.3 Å². The third-order valence-corrected chi connectivity index (χ3v) is 3.91. The minimum atomic E-state index is -3.26. The van der Waals surface area contributed by atoms with E-state index in [1.54, 1.807) is 24.3 Å². The molecule has 4 nitrogen and oxygen atoms in total. The molecule has 6 heteroatoms. The summed E-state index contributed by atoms with van der Waals surface area (Å²) in [5.41, 5.74) is 0.587. The van der Waals surface area contributed by atoms with Crippen LogP contribution in [-0.2, 0) is 10.0 Å². The van der Waals surface area contributed by atoms with E-state index in [1.807, 2.05) is 6.92 Å². The Morgan fingerprint density at radius 1 is 1.18 bits per heavy atom. The number of hydrogen-bond acceptors (Lipinski definition) is 3. The van der Waals surface area contributed by atoms with Crippen molar-refractivity contribution in [3.8, 4) is 0 Å². The molecule has 96 valence electrons. The lowest BCUT2D eigenvalue weighted by molar-refractivity contribution is 0.595. The van der Waals surface area contributed by atoms with Crippen molar-refractivity contribution in [1.82, 2.24) is 5.32 Å². The van der Waals surface area contributed by atoms with Gasteiger partial charge in [-0.1, -0.05) is 22.9 Å². The van der Waals surface area contributed by atoms with E-state index in [-0.39, 0.29) is 5.75 Å². The molecule has 0 bridgehead atoms. The molecule has 0 aromatic heterocycles. The molecule has 0 aliphatic carbocycles. The van der Waals surface area contributed by atoms with E-state index in [1.165, 1.54) is 0 Å². The number of nitrogens with one attached hydrogen (secondary N) is 2. The molecular formula is C11H17BrN2O2S. The van der Waals surface area contributed by atoms with Gasteiger partial charge in [0.1, 0.15) is 0 Å². The standard InChI is InChI=1S/C11H17BrN2O2S/c1-2-7-13-8-9-17(15,16)14-11-5-3-10(12)4-6-11/h3-6,13-14H,2,7-9H2,1H3. The van der Waals surface area contributed by atoms with Gasteiger partial charge in [-0.3, -0.25) is 4.72 Å². The van der Waals surface area contributed by atoms with Crippen molar-refractivity contribution < 1.29 is 8.42 Å². The molecule has 0 fully saturated rings. The maximum atomic E-state index is 11.7. The first-order valence-electron chi connectivity index (χ1n) is 5.50. The molecule has 0 atom stereocenters. The van der Waals surface area contributed by atoms with Gasteiger partial charge in [-0.15, -0.1) is 0 Å².